The molecule has 236 valence electrons. The van der Waals surface area contributed by atoms with Crippen LogP contribution in [0, 0.1) is 17.5 Å². The first kappa shape index (κ1) is 34.8. The van der Waals surface area contributed by atoms with E-state index in [4.69, 9.17) is 11.6 Å². The molecule has 0 aliphatic rings. The summed E-state index contributed by atoms with van der Waals surface area (Å²) in [7, 11) is -0.548. The van der Waals surface area contributed by atoms with E-state index < -0.39 is 36.2 Å². The van der Waals surface area contributed by atoms with Gasteiger partial charge < -0.3 is 0 Å². The van der Waals surface area contributed by atoms with Gasteiger partial charge in [-0.1, -0.05) is 23.4 Å². The van der Waals surface area contributed by atoms with E-state index in [0.717, 1.165) is 24.5 Å². The molecule has 45 heavy (non-hydrogen) atoms. The molecule has 0 atom stereocenters. The van der Waals surface area contributed by atoms with E-state index in [1.807, 2.05) is 24.3 Å². The van der Waals surface area contributed by atoms with Crippen LogP contribution in [0.3, 0.4) is 0 Å². The van der Waals surface area contributed by atoms with Crippen molar-refractivity contribution in [1.29, 1.82) is 0 Å². The van der Waals surface area contributed by atoms with Crippen molar-refractivity contribution in [2.45, 2.75) is 24.5 Å². The summed E-state index contributed by atoms with van der Waals surface area (Å²) in [5, 5.41) is 0.435. The fourth-order valence-corrected chi connectivity index (χ4v) is 6.97. The van der Waals surface area contributed by atoms with Crippen LogP contribution < -0.4 is 0 Å². The number of carbonyl (C=O) groups is 1. The van der Waals surface area contributed by atoms with Crippen molar-refractivity contribution >= 4 is 59.5 Å². The summed E-state index contributed by atoms with van der Waals surface area (Å²) in [6, 6.07) is 31.1. The summed E-state index contributed by atoms with van der Waals surface area (Å²) >= 11 is -3.28. The third kappa shape index (κ3) is 11.4. The van der Waals surface area contributed by atoms with E-state index in [0.29, 0.717) is 16.1 Å². The monoisotopic (exact) mass is 798 g/mol. The van der Waals surface area contributed by atoms with Crippen LogP contribution in [0.2, 0.25) is 5.02 Å². The second kappa shape index (κ2) is 13.0. The van der Waals surface area contributed by atoms with Crippen molar-refractivity contribution in [3.8, 4) is 0 Å². The molecule has 14 heteroatoms. The second-order valence-corrected chi connectivity index (χ2v) is 18.2. The number of carbonyl (C=O) groups excluding carboxylic acids is 1. The summed E-state index contributed by atoms with van der Waals surface area (Å²) in [5.74, 6) is -1.27. The Morgan fingerprint density at radius 1 is 0.556 bits per heavy atom. The van der Waals surface area contributed by atoms with Gasteiger partial charge in [0.15, 0.2) is 20.5 Å². The van der Waals surface area contributed by atoms with Gasteiger partial charge in [0.05, 0.1) is 15.9 Å². The van der Waals surface area contributed by atoms with Gasteiger partial charge in [-0.3, -0.25) is 4.79 Å². The Kier molecular flexibility index (Phi) is 10.0. The quantitative estimate of drug-likeness (QED) is 0.0706. The Bertz CT molecular complexity index is 1740. The summed E-state index contributed by atoms with van der Waals surface area (Å²) in [5.41, 5.74) is 0.806. The van der Waals surface area contributed by atoms with Crippen molar-refractivity contribution in [2.24, 2.45) is 0 Å². The molecule has 0 aliphatic carbocycles. The minimum absolute atomic E-state index is 0.235. The van der Waals surface area contributed by atoms with Crippen LogP contribution in [-0.2, 0) is 10.9 Å². The molecular formula is C31H19ClF9OS2Sb. The molecule has 0 radical (unpaired) electrons. The molecule has 5 aromatic rings. The van der Waals surface area contributed by atoms with Crippen LogP contribution >= 0.6 is 23.4 Å². The SMILES string of the molecule is O=C(c1ccc(F)cc1)c1ccc(Sc2ccc([S+](c3ccc(F)cc3)c3ccc(F)cc3)cc2)c(Cl)c1.[F][Sb-]([F])([F])([F])([F])[F]. The van der Waals surface area contributed by atoms with Gasteiger partial charge in [0.2, 0.25) is 0 Å². The van der Waals surface area contributed by atoms with Gasteiger partial charge in [0.25, 0.3) is 0 Å². The van der Waals surface area contributed by atoms with E-state index in [1.165, 1.54) is 60.3 Å². The van der Waals surface area contributed by atoms with Crippen LogP contribution in [0.1, 0.15) is 15.9 Å². The van der Waals surface area contributed by atoms with Crippen molar-refractivity contribution < 1.29 is 34.8 Å². The zero-order valence-corrected chi connectivity index (χ0v) is 27.4. The molecule has 0 heterocycles. The van der Waals surface area contributed by atoms with Gasteiger partial charge >= 0.3 is 36.4 Å². The third-order valence-electron chi connectivity index (χ3n) is 5.69. The summed E-state index contributed by atoms with van der Waals surface area (Å²) in [4.78, 5) is 17.3. The topological polar surface area (TPSA) is 17.1 Å². The third-order valence-corrected chi connectivity index (χ3v) is 9.43. The van der Waals surface area contributed by atoms with E-state index in [9.17, 15) is 34.8 Å². The normalized spacial score (nSPS) is 13.0. The maximum atomic E-state index is 13.6. The Labute approximate surface area is 266 Å². The molecule has 0 saturated carbocycles. The van der Waals surface area contributed by atoms with Gasteiger partial charge in [-0.05, 0) is 115 Å². The number of hydrogen-bond acceptors (Lipinski definition) is 2. The molecular weight excluding hydrogens is 781 g/mol. The van der Waals surface area contributed by atoms with Gasteiger partial charge in [-0.2, -0.15) is 0 Å². The van der Waals surface area contributed by atoms with Crippen LogP contribution in [0.25, 0.3) is 0 Å². The van der Waals surface area contributed by atoms with E-state index in [-0.39, 0.29) is 17.4 Å². The molecule has 5 rings (SSSR count). The Morgan fingerprint density at radius 2 is 0.911 bits per heavy atom. The van der Waals surface area contributed by atoms with Crippen molar-refractivity contribution in [3.05, 3.63) is 149 Å². The van der Waals surface area contributed by atoms with Gasteiger partial charge in [-0.25, -0.2) is 13.2 Å². The predicted molar refractivity (Wildman–Crippen MR) is 159 cm³/mol. The van der Waals surface area contributed by atoms with Crippen molar-refractivity contribution in [1.82, 2.24) is 0 Å². The van der Waals surface area contributed by atoms with Gasteiger partial charge in [0, 0.05) is 20.9 Å². The standard InChI is InChI=1S/C31H19ClF3OS2.6FH.Sb/c32-29-19-21(31(36)20-1-4-22(33)5-2-20)3-18-30(29)37-25-10-16-28(17-11-25)38(26-12-6-23(34)7-13-26)27-14-8-24(35)9-15-27;;;;;;;/h1-19H;6*1H;/q+1;;;;;;;+5/p-6. The number of ketones is 1. The molecule has 0 bridgehead atoms. The summed E-state index contributed by atoms with van der Waals surface area (Å²) in [6.45, 7) is 0. The molecule has 0 saturated heterocycles. The molecule has 0 aliphatic heterocycles. The molecule has 0 aromatic heterocycles. The average molecular weight is 800 g/mol. The zero-order valence-electron chi connectivity index (χ0n) is 22.4. The Hall–Kier alpha value is -3.05. The first-order valence-electron chi connectivity index (χ1n) is 12.5. The molecule has 0 amide bonds. The molecule has 5 aromatic carbocycles. The average Bonchev–Trinajstić information content (AvgIpc) is 2.95. The molecule has 0 fully saturated rings. The van der Waals surface area contributed by atoms with Crippen LogP contribution in [0.4, 0.5) is 30.0 Å². The van der Waals surface area contributed by atoms with Crippen molar-refractivity contribution in [3.63, 3.8) is 0 Å². The zero-order chi connectivity index (χ0) is 33.1. The fraction of sp³-hybridized carbons (Fsp3) is 0. The molecule has 0 spiro atoms. The molecule has 0 N–H and O–H groups in total. The summed E-state index contributed by atoms with van der Waals surface area (Å²) in [6.07, 6.45) is 0. The first-order valence-corrected chi connectivity index (χ1v) is 20.7. The van der Waals surface area contributed by atoms with Crippen molar-refractivity contribution in [2.75, 3.05) is 0 Å². The number of halogens is 10. The molecule has 1 nitrogen and oxygen atoms in total. The summed E-state index contributed by atoms with van der Waals surface area (Å²) < 4.78 is 99.9. The molecule has 0 unspecified atom stereocenters. The van der Waals surface area contributed by atoms with Crippen LogP contribution in [0.15, 0.2) is 140 Å². The van der Waals surface area contributed by atoms with Crippen LogP contribution in [-0.4, -0.2) is 25.3 Å². The second-order valence-electron chi connectivity index (χ2n) is 9.23. The fourth-order valence-electron chi connectivity index (χ4n) is 3.81. The number of hydrogen-bond donors (Lipinski definition) is 0. The number of benzene rings is 5. The van der Waals surface area contributed by atoms with E-state index in [2.05, 4.69) is 0 Å². The first-order chi connectivity index (χ1) is 20.8. The minimum atomic E-state index is -11.2. The Morgan fingerprint density at radius 3 is 1.31 bits per heavy atom. The maximum absolute atomic E-state index is 13.6. The van der Waals surface area contributed by atoms with Gasteiger partial charge in [0.1, 0.15) is 17.5 Å². The van der Waals surface area contributed by atoms with Gasteiger partial charge in [-0.15, -0.1) is 0 Å². The van der Waals surface area contributed by atoms with E-state index >= 15 is 0 Å². The van der Waals surface area contributed by atoms with Crippen LogP contribution in [0.5, 0.6) is 0 Å². The Balaban J connectivity index is 0.000000591. The predicted octanol–water partition coefficient (Wildman–Crippen LogP) is 11.4. The number of rotatable bonds is 7. The van der Waals surface area contributed by atoms with E-state index in [1.54, 1.807) is 42.5 Å².